The van der Waals surface area contributed by atoms with Crippen LogP contribution in [0.3, 0.4) is 0 Å². The predicted octanol–water partition coefficient (Wildman–Crippen LogP) is 0.143. The zero-order valence-corrected chi connectivity index (χ0v) is 12.0. The summed E-state index contributed by atoms with van der Waals surface area (Å²) in [5.41, 5.74) is 6.27. The molecule has 0 aliphatic carbocycles. The van der Waals surface area contributed by atoms with E-state index < -0.39 is 32.6 Å². The molecule has 0 bridgehead atoms. The SMILES string of the molecule is Nc1ncnc2c1ncn2[C@@H]1O[C@H](OCP(=O)(O)O)CC1F. The monoisotopic (exact) mass is 333 g/mol. The number of imidazole rings is 1. The first-order valence-electron chi connectivity index (χ1n) is 6.24. The van der Waals surface area contributed by atoms with E-state index in [0.29, 0.717) is 11.2 Å². The van der Waals surface area contributed by atoms with Crippen LogP contribution in [0.5, 0.6) is 0 Å². The predicted molar refractivity (Wildman–Crippen MR) is 71.2 cm³/mol. The van der Waals surface area contributed by atoms with Crippen LogP contribution in [0.25, 0.3) is 11.2 Å². The van der Waals surface area contributed by atoms with Crippen molar-refractivity contribution in [2.75, 3.05) is 12.1 Å². The number of halogens is 1. The van der Waals surface area contributed by atoms with Crippen LogP contribution in [0.15, 0.2) is 12.7 Å². The third-order valence-electron chi connectivity index (χ3n) is 3.11. The van der Waals surface area contributed by atoms with Gasteiger partial charge in [0.25, 0.3) is 0 Å². The van der Waals surface area contributed by atoms with E-state index in [1.807, 2.05) is 0 Å². The van der Waals surface area contributed by atoms with Crippen LogP contribution in [-0.4, -0.2) is 48.1 Å². The molecule has 1 unspecified atom stereocenters. The molecule has 1 fully saturated rings. The summed E-state index contributed by atoms with van der Waals surface area (Å²) in [6, 6.07) is 0. The molecule has 1 saturated heterocycles. The lowest BCUT2D eigenvalue weighted by Gasteiger charge is -2.16. The fraction of sp³-hybridized carbons (Fsp3) is 0.500. The molecule has 0 amide bonds. The Bertz CT molecular complexity index is 736. The van der Waals surface area contributed by atoms with Gasteiger partial charge in [0.15, 0.2) is 36.5 Å². The van der Waals surface area contributed by atoms with E-state index in [1.165, 1.54) is 17.2 Å². The third kappa shape index (κ3) is 2.94. The highest BCUT2D eigenvalue weighted by molar-refractivity contribution is 7.51. The molecular formula is C10H13FN5O5P. The fourth-order valence-corrected chi connectivity index (χ4v) is 2.54. The summed E-state index contributed by atoms with van der Waals surface area (Å²) < 4.78 is 36.5. The first-order chi connectivity index (χ1) is 10.3. The molecule has 12 heteroatoms. The van der Waals surface area contributed by atoms with Gasteiger partial charge in [-0.1, -0.05) is 0 Å². The van der Waals surface area contributed by atoms with Gasteiger partial charge in [-0.05, 0) is 0 Å². The second kappa shape index (κ2) is 5.52. The van der Waals surface area contributed by atoms with Crippen LogP contribution in [0.4, 0.5) is 10.2 Å². The molecule has 3 rings (SSSR count). The standard InChI is InChI=1S/C10H13FN5O5P/c11-5-1-6(20-4-22(17,18)19)21-10(5)16-3-15-7-8(12)13-2-14-9(7)16/h2-3,5-6,10H,1,4H2,(H2,12,13,14)(H2,17,18,19)/t5?,6-,10+/m0/s1. The molecule has 0 radical (unpaired) electrons. The van der Waals surface area contributed by atoms with Crippen molar-refractivity contribution in [3.05, 3.63) is 12.7 Å². The van der Waals surface area contributed by atoms with Gasteiger partial charge in [-0.15, -0.1) is 0 Å². The lowest BCUT2D eigenvalue weighted by Crippen LogP contribution is -2.17. The number of anilines is 1. The highest BCUT2D eigenvalue weighted by Gasteiger charge is 2.39. The highest BCUT2D eigenvalue weighted by Crippen LogP contribution is 2.38. The molecule has 1 aliphatic heterocycles. The number of nitrogens with two attached hydrogens (primary N) is 1. The largest absolute Gasteiger partial charge is 0.382 e. The fourth-order valence-electron chi connectivity index (χ4n) is 2.18. The minimum atomic E-state index is -4.34. The van der Waals surface area contributed by atoms with Crippen LogP contribution >= 0.6 is 7.60 Å². The summed E-state index contributed by atoms with van der Waals surface area (Å²) in [7, 11) is -4.34. The minimum Gasteiger partial charge on any atom is -0.382 e. The molecular weight excluding hydrogens is 320 g/mol. The summed E-state index contributed by atoms with van der Waals surface area (Å²) in [4.78, 5) is 29.3. The smallest absolute Gasteiger partial charge is 0.351 e. The van der Waals surface area contributed by atoms with Crippen LogP contribution in [-0.2, 0) is 14.0 Å². The van der Waals surface area contributed by atoms with Crippen molar-refractivity contribution in [3.63, 3.8) is 0 Å². The van der Waals surface area contributed by atoms with Gasteiger partial charge in [0.05, 0.1) is 6.33 Å². The third-order valence-corrected chi connectivity index (χ3v) is 3.59. The molecule has 2 aromatic heterocycles. The van der Waals surface area contributed by atoms with E-state index in [2.05, 4.69) is 15.0 Å². The number of ether oxygens (including phenoxy) is 2. The van der Waals surface area contributed by atoms with Gasteiger partial charge < -0.3 is 25.0 Å². The van der Waals surface area contributed by atoms with Crippen molar-refractivity contribution in [3.8, 4) is 0 Å². The maximum atomic E-state index is 14.1. The Hall–Kier alpha value is -1.65. The average Bonchev–Trinajstić information content (AvgIpc) is 3.00. The van der Waals surface area contributed by atoms with Crippen molar-refractivity contribution >= 4 is 24.6 Å². The van der Waals surface area contributed by atoms with Gasteiger partial charge in [-0.3, -0.25) is 9.13 Å². The Labute approximate surface area is 123 Å². The summed E-state index contributed by atoms with van der Waals surface area (Å²) in [5, 5.41) is 0. The van der Waals surface area contributed by atoms with E-state index in [9.17, 15) is 8.96 Å². The molecule has 10 nitrogen and oxygen atoms in total. The van der Waals surface area contributed by atoms with Crippen LogP contribution in [0.2, 0.25) is 0 Å². The topological polar surface area (TPSA) is 146 Å². The van der Waals surface area contributed by atoms with E-state index in [4.69, 9.17) is 25.0 Å². The molecule has 0 aromatic carbocycles. The number of hydrogen-bond acceptors (Lipinski definition) is 7. The van der Waals surface area contributed by atoms with Gasteiger partial charge in [-0.25, -0.2) is 19.3 Å². The van der Waals surface area contributed by atoms with E-state index in [1.54, 1.807) is 0 Å². The van der Waals surface area contributed by atoms with Crippen LogP contribution in [0.1, 0.15) is 12.6 Å². The van der Waals surface area contributed by atoms with Crippen molar-refractivity contribution in [1.82, 2.24) is 19.5 Å². The quantitative estimate of drug-likeness (QED) is 0.665. The van der Waals surface area contributed by atoms with Crippen molar-refractivity contribution in [2.24, 2.45) is 0 Å². The molecule has 0 spiro atoms. The number of fused-ring (bicyclic) bond motifs is 1. The van der Waals surface area contributed by atoms with Gasteiger partial charge in [0.1, 0.15) is 11.8 Å². The van der Waals surface area contributed by atoms with E-state index in [-0.39, 0.29) is 12.2 Å². The Kier molecular flexibility index (Phi) is 3.83. The Morgan fingerprint density at radius 2 is 2.27 bits per heavy atom. The minimum absolute atomic E-state index is 0.159. The van der Waals surface area contributed by atoms with Gasteiger partial charge in [0, 0.05) is 6.42 Å². The molecule has 2 aromatic rings. The van der Waals surface area contributed by atoms with E-state index >= 15 is 0 Å². The lowest BCUT2D eigenvalue weighted by molar-refractivity contribution is -0.143. The lowest BCUT2D eigenvalue weighted by atomic mass is 10.3. The number of hydrogen-bond donors (Lipinski definition) is 3. The molecule has 120 valence electrons. The number of nitrogen functional groups attached to an aromatic ring is 1. The van der Waals surface area contributed by atoms with Gasteiger partial charge in [-0.2, -0.15) is 0 Å². The summed E-state index contributed by atoms with van der Waals surface area (Å²) in [5.74, 6) is 0.159. The first-order valence-corrected chi connectivity index (χ1v) is 8.03. The molecule has 0 saturated carbocycles. The second-order valence-corrected chi connectivity index (χ2v) is 6.34. The van der Waals surface area contributed by atoms with E-state index in [0.717, 1.165) is 0 Å². The number of aromatic nitrogens is 4. The molecule has 3 atom stereocenters. The second-order valence-electron chi connectivity index (χ2n) is 4.75. The maximum absolute atomic E-state index is 14.1. The summed E-state index contributed by atoms with van der Waals surface area (Å²) in [6.45, 7) is 0. The van der Waals surface area contributed by atoms with Crippen molar-refractivity contribution in [1.29, 1.82) is 0 Å². The molecule has 4 N–H and O–H groups in total. The van der Waals surface area contributed by atoms with Crippen LogP contribution < -0.4 is 5.73 Å². The number of nitrogens with zero attached hydrogens (tertiary/aromatic N) is 4. The average molecular weight is 333 g/mol. The zero-order chi connectivity index (χ0) is 15.9. The Morgan fingerprint density at radius 3 is 3.00 bits per heavy atom. The Morgan fingerprint density at radius 1 is 1.50 bits per heavy atom. The van der Waals surface area contributed by atoms with Crippen molar-refractivity contribution < 1.29 is 28.2 Å². The zero-order valence-electron chi connectivity index (χ0n) is 11.1. The normalized spacial score (nSPS) is 25.9. The molecule has 22 heavy (non-hydrogen) atoms. The van der Waals surface area contributed by atoms with Gasteiger partial charge in [0.2, 0.25) is 0 Å². The highest BCUT2D eigenvalue weighted by atomic mass is 31.2. The van der Waals surface area contributed by atoms with Gasteiger partial charge >= 0.3 is 7.60 Å². The first kappa shape index (κ1) is 15.3. The molecule has 3 heterocycles. The number of alkyl halides is 1. The number of rotatable bonds is 4. The van der Waals surface area contributed by atoms with Crippen LogP contribution in [0, 0.1) is 0 Å². The summed E-state index contributed by atoms with van der Waals surface area (Å²) in [6.07, 6.45) is -2.04. The molecule has 1 aliphatic rings. The van der Waals surface area contributed by atoms with Crippen molar-refractivity contribution in [2.45, 2.75) is 25.1 Å². The Balaban J connectivity index is 1.80. The summed E-state index contributed by atoms with van der Waals surface area (Å²) >= 11 is 0. The maximum Gasteiger partial charge on any atom is 0.351 e.